The molecule has 6 heteroatoms. The van der Waals surface area contributed by atoms with Gasteiger partial charge in [-0.15, -0.1) is 11.8 Å². The van der Waals surface area contributed by atoms with Crippen LogP contribution in [0.4, 0.5) is 5.69 Å². The van der Waals surface area contributed by atoms with Gasteiger partial charge in [-0.3, -0.25) is 14.9 Å². The summed E-state index contributed by atoms with van der Waals surface area (Å²) in [5, 5.41) is 8.97. The fraction of sp³-hybridized carbons (Fsp3) is 0.467. The molecule has 0 aromatic heterocycles. The number of thioether (sulfide) groups is 1. The maximum atomic E-state index is 11.9. The van der Waals surface area contributed by atoms with Gasteiger partial charge in [0.2, 0.25) is 11.8 Å². The van der Waals surface area contributed by atoms with Crippen LogP contribution in [0, 0.1) is 5.92 Å². The molecule has 1 heterocycles. The number of hydrogen-bond donors (Lipinski definition) is 3. The van der Waals surface area contributed by atoms with Crippen LogP contribution < -0.4 is 16.0 Å². The van der Waals surface area contributed by atoms with E-state index in [9.17, 15) is 9.59 Å². The molecule has 1 aliphatic heterocycles. The molecule has 3 N–H and O–H groups in total. The van der Waals surface area contributed by atoms with E-state index in [1.165, 1.54) is 0 Å². The number of benzene rings is 1. The van der Waals surface area contributed by atoms with Gasteiger partial charge in [-0.05, 0) is 30.5 Å². The van der Waals surface area contributed by atoms with Gasteiger partial charge in [0, 0.05) is 29.8 Å². The van der Waals surface area contributed by atoms with Crippen molar-refractivity contribution in [2.75, 3.05) is 16.9 Å². The van der Waals surface area contributed by atoms with Crippen molar-refractivity contribution in [3.8, 4) is 0 Å². The normalized spacial score (nSPS) is 21.0. The molecule has 1 aromatic carbocycles. The molecule has 0 radical (unpaired) electrons. The molecule has 2 aliphatic rings. The number of nitrogens with one attached hydrogen (secondary N) is 3. The maximum absolute atomic E-state index is 11.9. The van der Waals surface area contributed by atoms with Gasteiger partial charge in [0.1, 0.15) is 0 Å². The second-order valence-corrected chi connectivity index (χ2v) is 6.48. The Bertz CT molecular complexity index is 522. The second kappa shape index (κ2) is 6.49. The van der Waals surface area contributed by atoms with Crippen molar-refractivity contribution in [3.63, 3.8) is 0 Å². The van der Waals surface area contributed by atoms with E-state index < -0.39 is 0 Å². The van der Waals surface area contributed by atoms with Crippen molar-refractivity contribution in [1.82, 2.24) is 10.6 Å². The second-order valence-electron chi connectivity index (χ2n) is 5.45. The topological polar surface area (TPSA) is 70.2 Å². The highest BCUT2D eigenvalue weighted by atomic mass is 32.2. The maximum Gasteiger partial charge on any atom is 0.238 e. The summed E-state index contributed by atoms with van der Waals surface area (Å²) < 4.78 is 0. The first-order valence-corrected chi connectivity index (χ1v) is 8.36. The Morgan fingerprint density at radius 3 is 2.57 bits per heavy atom. The third-order valence-electron chi connectivity index (χ3n) is 3.67. The largest absolute Gasteiger partial charge is 0.351 e. The molecule has 0 spiro atoms. The van der Waals surface area contributed by atoms with Crippen LogP contribution in [0.3, 0.4) is 0 Å². The monoisotopic (exact) mass is 305 g/mol. The molecule has 1 aromatic rings. The Labute approximate surface area is 128 Å². The SMILES string of the molecule is O=C(Nc1ccc(CNC(=O)C2CSCN2)cc1)C1CC1. The predicted molar refractivity (Wildman–Crippen MR) is 83.9 cm³/mol. The first kappa shape index (κ1) is 14.4. The van der Waals surface area contributed by atoms with Crippen LogP contribution in [0.25, 0.3) is 0 Å². The molecule has 1 aliphatic carbocycles. The van der Waals surface area contributed by atoms with Crippen LogP contribution in [-0.4, -0.2) is 29.5 Å². The number of rotatable bonds is 5. The molecule has 1 atom stereocenters. The van der Waals surface area contributed by atoms with E-state index in [-0.39, 0.29) is 23.8 Å². The van der Waals surface area contributed by atoms with Gasteiger partial charge in [0.05, 0.1) is 6.04 Å². The highest BCUT2D eigenvalue weighted by Gasteiger charge is 2.29. The van der Waals surface area contributed by atoms with Gasteiger partial charge in [0.15, 0.2) is 0 Å². The molecule has 2 fully saturated rings. The zero-order chi connectivity index (χ0) is 14.7. The molecular formula is C15H19N3O2S. The average Bonchev–Trinajstić information content (AvgIpc) is 3.21. The summed E-state index contributed by atoms with van der Waals surface area (Å²) in [5.74, 6) is 2.04. The fourth-order valence-corrected chi connectivity index (χ4v) is 3.11. The smallest absolute Gasteiger partial charge is 0.238 e. The highest BCUT2D eigenvalue weighted by Crippen LogP contribution is 2.30. The van der Waals surface area contributed by atoms with Crippen molar-refractivity contribution in [1.29, 1.82) is 0 Å². The van der Waals surface area contributed by atoms with E-state index >= 15 is 0 Å². The molecule has 0 bridgehead atoms. The summed E-state index contributed by atoms with van der Waals surface area (Å²) in [6, 6.07) is 7.54. The standard InChI is InChI=1S/C15H19N3O2S/c19-14(11-3-4-11)18-12-5-1-10(2-6-12)7-16-15(20)13-8-21-9-17-13/h1-2,5-6,11,13,17H,3-4,7-9H2,(H,16,20)(H,18,19). The Morgan fingerprint density at radius 2 is 1.95 bits per heavy atom. The Hall–Kier alpha value is -1.53. The van der Waals surface area contributed by atoms with Crippen LogP contribution in [0.1, 0.15) is 18.4 Å². The van der Waals surface area contributed by atoms with Gasteiger partial charge in [-0.1, -0.05) is 12.1 Å². The lowest BCUT2D eigenvalue weighted by Gasteiger charge is -2.11. The quantitative estimate of drug-likeness (QED) is 0.767. The average molecular weight is 305 g/mol. The van der Waals surface area contributed by atoms with Gasteiger partial charge < -0.3 is 10.6 Å². The Balaban J connectivity index is 1.47. The van der Waals surface area contributed by atoms with Gasteiger partial charge in [-0.25, -0.2) is 0 Å². The minimum atomic E-state index is -0.0768. The number of hydrogen-bond acceptors (Lipinski definition) is 4. The summed E-state index contributed by atoms with van der Waals surface area (Å²) in [6.45, 7) is 0.512. The molecule has 1 saturated carbocycles. The molecule has 1 saturated heterocycles. The fourth-order valence-electron chi connectivity index (χ4n) is 2.17. The number of anilines is 1. The molecule has 1 unspecified atom stereocenters. The molecule has 21 heavy (non-hydrogen) atoms. The van der Waals surface area contributed by atoms with Crippen molar-refractivity contribution < 1.29 is 9.59 Å². The third kappa shape index (κ3) is 3.98. The highest BCUT2D eigenvalue weighted by molar-refractivity contribution is 7.99. The van der Waals surface area contributed by atoms with Crippen LogP contribution >= 0.6 is 11.8 Å². The van der Waals surface area contributed by atoms with Gasteiger partial charge in [0.25, 0.3) is 0 Å². The number of carbonyl (C=O) groups excluding carboxylic acids is 2. The van der Waals surface area contributed by atoms with Crippen LogP contribution in [-0.2, 0) is 16.1 Å². The molecular weight excluding hydrogens is 286 g/mol. The first-order chi connectivity index (χ1) is 10.2. The summed E-state index contributed by atoms with van der Waals surface area (Å²) in [4.78, 5) is 23.5. The van der Waals surface area contributed by atoms with Crippen molar-refractivity contribution in [2.45, 2.75) is 25.4 Å². The first-order valence-electron chi connectivity index (χ1n) is 7.21. The Kier molecular flexibility index (Phi) is 4.45. The van der Waals surface area contributed by atoms with Gasteiger partial charge in [-0.2, -0.15) is 0 Å². The van der Waals surface area contributed by atoms with Crippen LogP contribution in [0.5, 0.6) is 0 Å². The lowest BCUT2D eigenvalue weighted by molar-refractivity contribution is -0.122. The van der Waals surface area contributed by atoms with E-state index in [1.54, 1.807) is 11.8 Å². The van der Waals surface area contributed by atoms with E-state index in [0.717, 1.165) is 35.7 Å². The lowest BCUT2D eigenvalue weighted by atomic mass is 10.2. The molecule has 112 valence electrons. The van der Waals surface area contributed by atoms with Crippen LogP contribution in [0.2, 0.25) is 0 Å². The van der Waals surface area contributed by atoms with E-state index in [0.29, 0.717) is 6.54 Å². The number of carbonyl (C=O) groups is 2. The van der Waals surface area contributed by atoms with Gasteiger partial charge >= 0.3 is 0 Å². The predicted octanol–water partition coefficient (Wildman–Crippen LogP) is 1.31. The van der Waals surface area contributed by atoms with E-state index in [1.807, 2.05) is 24.3 Å². The summed E-state index contributed by atoms with van der Waals surface area (Å²) in [7, 11) is 0. The summed E-state index contributed by atoms with van der Waals surface area (Å²) in [5.41, 5.74) is 1.84. The third-order valence-corrected chi connectivity index (χ3v) is 4.61. The minimum Gasteiger partial charge on any atom is -0.351 e. The van der Waals surface area contributed by atoms with E-state index in [2.05, 4.69) is 16.0 Å². The molecule has 5 nitrogen and oxygen atoms in total. The Morgan fingerprint density at radius 1 is 1.19 bits per heavy atom. The summed E-state index contributed by atoms with van der Waals surface area (Å²) >= 11 is 1.74. The zero-order valence-corrected chi connectivity index (χ0v) is 12.5. The molecule has 3 rings (SSSR count). The van der Waals surface area contributed by atoms with Crippen molar-refractivity contribution in [2.24, 2.45) is 5.92 Å². The van der Waals surface area contributed by atoms with Crippen molar-refractivity contribution >= 4 is 29.3 Å². The van der Waals surface area contributed by atoms with E-state index in [4.69, 9.17) is 0 Å². The zero-order valence-electron chi connectivity index (χ0n) is 11.7. The van der Waals surface area contributed by atoms with Crippen molar-refractivity contribution in [3.05, 3.63) is 29.8 Å². The summed E-state index contributed by atoms with van der Waals surface area (Å²) in [6.07, 6.45) is 2.01. The number of amides is 2. The minimum absolute atomic E-state index is 0.0473. The molecule has 2 amide bonds. The van der Waals surface area contributed by atoms with Crippen LogP contribution in [0.15, 0.2) is 24.3 Å². The lowest BCUT2D eigenvalue weighted by Crippen LogP contribution is -2.41.